The van der Waals surface area contributed by atoms with Gasteiger partial charge in [0, 0.05) is 7.11 Å². The van der Waals surface area contributed by atoms with E-state index in [-0.39, 0.29) is 6.79 Å². The van der Waals surface area contributed by atoms with E-state index < -0.39 is 29.9 Å². The summed E-state index contributed by atoms with van der Waals surface area (Å²) in [5.41, 5.74) is 0. The van der Waals surface area contributed by atoms with Crippen molar-refractivity contribution in [3.05, 3.63) is 0 Å². The molecule has 0 aromatic heterocycles. The molecule has 0 heterocycles. The van der Waals surface area contributed by atoms with Crippen LogP contribution in [0.2, 0.25) is 0 Å². The van der Waals surface area contributed by atoms with Gasteiger partial charge in [0.15, 0.2) is 0 Å². The minimum Gasteiger partial charge on any atom is -0.481 e. The highest BCUT2D eigenvalue weighted by atomic mass is 16.7. The van der Waals surface area contributed by atoms with E-state index in [1.165, 1.54) is 7.11 Å². The standard InChI is InChI=1S/C13H24O7/c1-4-9(12(14)15)11(10(5-2)13(16)17)20-8-19-7-6-18-3/h9-11H,4-8H2,1-3H3,(H,14,15)(H,16,17). The number of aliphatic carboxylic acids is 2. The summed E-state index contributed by atoms with van der Waals surface area (Å²) in [6.45, 7) is 3.92. The molecule has 2 atom stereocenters. The predicted octanol–water partition coefficient (Wildman–Crippen LogP) is 1.21. The van der Waals surface area contributed by atoms with E-state index in [0.29, 0.717) is 26.1 Å². The molecule has 7 heteroatoms. The average molecular weight is 292 g/mol. The molecule has 0 aliphatic carbocycles. The lowest BCUT2D eigenvalue weighted by Crippen LogP contribution is -2.40. The summed E-state index contributed by atoms with van der Waals surface area (Å²) in [5, 5.41) is 18.4. The molecule has 20 heavy (non-hydrogen) atoms. The fraction of sp³-hybridized carbons (Fsp3) is 0.846. The summed E-state index contributed by atoms with van der Waals surface area (Å²) in [4.78, 5) is 22.4. The van der Waals surface area contributed by atoms with Gasteiger partial charge in [-0.3, -0.25) is 9.59 Å². The van der Waals surface area contributed by atoms with Gasteiger partial charge >= 0.3 is 11.9 Å². The molecule has 7 nitrogen and oxygen atoms in total. The molecule has 118 valence electrons. The molecule has 0 aromatic carbocycles. The molecule has 0 amide bonds. The molecule has 0 fully saturated rings. The van der Waals surface area contributed by atoms with Crippen molar-refractivity contribution >= 4 is 11.9 Å². The predicted molar refractivity (Wildman–Crippen MR) is 70.4 cm³/mol. The zero-order valence-electron chi connectivity index (χ0n) is 12.2. The summed E-state index contributed by atoms with van der Waals surface area (Å²) in [7, 11) is 1.53. The van der Waals surface area contributed by atoms with E-state index in [4.69, 9.17) is 14.2 Å². The van der Waals surface area contributed by atoms with Crippen LogP contribution in [0, 0.1) is 11.8 Å². The Kier molecular flexibility index (Phi) is 9.96. The summed E-state index contributed by atoms with van der Waals surface area (Å²) in [5.74, 6) is -3.87. The summed E-state index contributed by atoms with van der Waals surface area (Å²) in [6, 6.07) is 0. The first kappa shape index (κ1) is 18.8. The first-order valence-corrected chi connectivity index (χ1v) is 6.63. The van der Waals surface area contributed by atoms with Crippen LogP contribution in [0.4, 0.5) is 0 Å². The molecule has 0 aliphatic heterocycles. The van der Waals surface area contributed by atoms with Crippen molar-refractivity contribution in [1.82, 2.24) is 0 Å². The van der Waals surface area contributed by atoms with E-state index >= 15 is 0 Å². The van der Waals surface area contributed by atoms with Crippen molar-refractivity contribution in [2.45, 2.75) is 32.8 Å². The Hall–Kier alpha value is -1.18. The van der Waals surface area contributed by atoms with Crippen molar-refractivity contribution in [2.75, 3.05) is 27.1 Å². The summed E-state index contributed by atoms with van der Waals surface area (Å²) >= 11 is 0. The Morgan fingerprint density at radius 3 is 1.85 bits per heavy atom. The highest BCUT2D eigenvalue weighted by Crippen LogP contribution is 2.23. The molecule has 0 saturated carbocycles. The number of carboxylic acid groups (broad SMARTS) is 2. The van der Waals surface area contributed by atoms with E-state index in [2.05, 4.69) is 0 Å². The molecule has 0 aliphatic rings. The smallest absolute Gasteiger partial charge is 0.309 e. The highest BCUT2D eigenvalue weighted by Gasteiger charge is 2.37. The molecule has 0 saturated heterocycles. The largest absolute Gasteiger partial charge is 0.481 e. The van der Waals surface area contributed by atoms with Gasteiger partial charge in [-0.15, -0.1) is 0 Å². The van der Waals surface area contributed by atoms with E-state index in [1.54, 1.807) is 13.8 Å². The van der Waals surface area contributed by atoms with Crippen molar-refractivity contribution in [3.63, 3.8) is 0 Å². The van der Waals surface area contributed by atoms with Crippen molar-refractivity contribution in [2.24, 2.45) is 11.8 Å². The van der Waals surface area contributed by atoms with Crippen LogP contribution in [-0.4, -0.2) is 55.4 Å². The van der Waals surface area contributed by atoms with Gasteiger partial charge in [0.2, 0.25) is 0 Å². The zero-order valence-corrected chi connectivity index (χ0v) is 12.2. The van der Waals surface area contributed by atoms with Crippen molar-refractivity contribution < 1.29 is 34.0 Å². The Morgan fingerprint density at radius 1 is 1.00 bits per heavy atom. The molecule has 0 spiro atoms. The maximum absolute atomic E-state index is 11.2. The molecule has 0 bridgehead atoms. The molecular weight excluding hydrogens is 268 g/mol. The second kappa shape index (κ2) is 10.6. The maximum Gasteiger partial charge on any atom is 0.309 e. The summed E-state index contributed by atoms with van der Waals surface area (Å²) < 4.78 is 15.3. The SMILES string of the molecule is CCC(C(=O)O)C(OCOCCOC)C(CC)C(=O)O. The van der Waals surface area contributed by atoms with Crippen LogP contribution < -0.4 is 0 Å². The number of hydrogen-bond acceptors (Lipinski definition) is 5. The molecular formula is C13H24O7. The minimum atomic E-state index is -1.06. The van der Waals surface area contributed by atoms with E-state index in [9.17, 15) is 19.8 Å². The normalized spacial score (nSPS) is 15.6. The first-order valence-electron chi connectivity index (χ1n) is 6.63. The zero-order chi connectivity index (χ0) is 15.5. The molecule has 0 rings (SSSR count). The molecule has 2 unspecified atom stereocenters. The fourth-order valence-corrected chi connectivity index (χ4v) is 1.94. The Balaban J connectivity index is 4.69. The second-order valence-corrected chi connectivity index (χ2v) is 4.36. The van der Waals surface area contributed by atoms with Gasteiger partial charge in [-0.05, 0) is 12.8 Å². The van der Waals surface area contributed by atoms with Gasteiger partial charge in [-0.1, -0.05) is 13.8 Å². The van der Waals surface area contributed by atoms with Crippen LogP contribution in [0.5, 0.6) is 0 Å². The van der Waals surface area contributed by atoms with Crippen LogP contribution in [0.1, 0.15) is 26.7 Å². The van der Waals surface area contributed by atoms with Gasteiger partial charge < -0.3 is 24.4 Å². The lowest BCUT2D eigenvalue weighted by Gasteiger charge is -2.28. The Morgan fingerprint density at radius 2 is 1.50 bits per heavy atom. The minimum absolute atomic E-state index is 0.151. The van der Waals surface area contributed by atoms with Gasteiger partial charge in [-0.25, -0.2) is 0 Å². The van der Waals surface area contributed by atoms with Crippen LogP contribution in [-0.2, 0) is 23.8 Å². The van der Waals surface area contributed by atoms with Crippen LogP contribution in [0.25, 0.3) is 0 Å². The molecule has 0 radical (unpaired) electrons. The van der Waals surface area contributed by atoms with Gasteiger partial charge in [0.1, 0.15) is 6.79 Å². The number of carboxylic acids is 2. The van der Waals surface area contributed by atoms with E-state index in [1.807, 2.05) is 0 Å². The van der Waals surface area contributed by atoms with E-state index in [0.717, 1.165) is 0 Å². The second-order valence-electron chi connectivity index (χ2n) is 4.36. The monoisotopic (exact) mass is 292 g/mol. The van der Waals surface area contributed by atoms with Crippen LogP contribution >= 0.6 is 0 Å². The molecule has 0 aromatic rings. The van der Waals surface area contributed by atoms with Gasteiger partial charge in [0.05, 0.1) is 31.2 Å². The molecule has 2 N–H and O–H groups in total. The highest BCUT2D eigenvalue weighted by molar-refractivity contribution is 5.75. The number of hydrogen-bond donors (Lipinski definition) is 2. The number of ether oxygens (including phenoxy) is 3. The third-order valence-corrected chi connectivity index (χ3v) is 3.08. The first-order chi connectivity index (χ1) is 9.49. The topological polar surface area (TPSA) is 102 Å². The van der Waals surface area contributed by atoms with Gasteiger partial charge in [-0.2, -0.15) is 0 Å². The van der Waals surface area contributed by atoms with Crippen molar-refractivity contribution in [3.8, 4) is 0 Å². The van der Waals surface area contributed by atoms with Crippen molar-refractivity contribution in [1.29, 1.82) is 0 Å². The number of rotatable bonds is 12. The quantitative estimate of drug-likeness (QED) is 0.411. The van der Waals surface area contributed by atoms with Crippen LogP contribution in [0.3, 0.4) is 0 Å². The third kappa shape index (κ3) is 6.31. The fourth-order valence-electron chi connectivity index (χ4n) is 1.94. The van der Waals surface area contributed by atoms with Gasteiger partial charge in [0.25, 0.3) is 0 Å². The Labute approximate surface area is 118 Å². The average Bonchev–Trinajstić information content (AvgIpc) is 2.38. The third-order valence-electron chi connectivity index (χ3n) is 3.08. The summed E-state index contributed by atoms with van der Waals surface area (Å²) in [6.07, 6.45) is -0.327. The lowest BCUT2D eigenvalue weighted by atomic mass is 9.87. The number of methoxy groups -OCH3 is 1. The number of carbonyl (C=O) groups is 2. The maximum atomic E-state index is 11.2. The van der Waals surface area contributed by atoms with Crippen LogP contribution in [0.15, 0.2) is 0 Å². The lowest BCUT2D eigenvalue weighted by molar-refractivity contribution is -0.171. The Bertz CT molecular complexity index is 270.